The van der Waals surface area contributed by atoms with Crippen LogP contribution in [-0.4, -0.2) is 26.1 Å². The molecule has 0 saturated heterocycles. The van der Waals surface area contributed by atoms with Gasteiger partial charge >= 0.3 is 0 Å². The first-order valence-corrected chi connectivity index (χ1v) is 8.36. The van der Waals surface area contributed by atoms with E-state index in [0.717, 1.165) is 23.8 Å². The lowest BCUT2D eigenvalue weighted by Crippen LogP contribution is -2.38. The van der Waals surface area contributed by atoms with E-state index in [4.69, 9.17) is 5.73 Å². The summed E-state index contributed by atoms with van der Waals surface area (Å²) in [7, 11) is 2.01. The van der Waals surface area contributed by atoms with Gasteiger partial charge < -0.3 is 10.3 Å². The third kappa shape index (κ3) is 3.14. The van der Waals surface area contributed by atoms with Crippen LogP contribution in [0.4, 0.5) is 0 Å². The maximum absolute atomic E-state index is 6.35. The molecule has 2 N–H and O–H groups in total. The van der Waals surface area contributed by atoms with Crippen LogP contribution in [0.2, 0.25) is 0 Å². The van der Waals surface area contributed by atoms with E-state index >= 15 is 0 Å². The maximum Gasteiger partial charge on any atom is 0.191 e. The smallest absolute Gasteiger partial charge is 0.191 e. The van der Waals surface area contributed by atoms with E-state index < -0.39 is 0 Å². The predicted octanol–water partition coefficient (Wildman–Crippen LogP) is 2.88. The molecule has 4 nitrogen and oxygen atoms in total. The summed E-state index contributed by atoms with van der Waals surface area (Å²) in [6.45, 7) is 1.98. The molecule has 0 radical (unpaired) electrons. The molecule has 0 bridgehead atoms. The molecule has 1 fully saturated rings. The maximum atomic E-state index is 6.35. The van der Waals surface area contributed by atoms with Gasteiger partial charge in [-0.2, -0.15) is 0 Å². The number of rotatable bonds is 3. The van der Waals surface area contributed by atoms with Gasteiger partial charge in [0.25, 0.3) is 0 Å². The number of benzene rings is 1. The summed E-state index contributed by atoms with van der Waals surface area (Å²) in [5.74, 6) is 1.55. The molecule has 1 saturated carbocycles. The monoisotopic (exact) mass is 302 g/mol. The fourth-order valence-electron chi connectivity index (χ4n) is 2.94. The normalized spacial score (nSPS) is 26.0. The Morgan fingerprint density at radius 3 is 2.62 bits per heavy atom. The van der Waals surface area contributed by atoms with Crippen molar-refractivity contribution >= 4 is 11.8 Å². The molecule has 0 aliphatic heterocycles. The number of nitrogens with zero attached hydrogens (tertiary/aromatic N) is 3. The van der Waals surface area contributed by atoms with Gasteiger partial charge in [-0.1, -0.05) is 42.1 Å². The second-order valence-electron chi connectivity index (χ2n) is 5.83. The van der Waals surface area contributed by atoms with Gasteiger partial charge in [-0.3, -0.25) is 0 Å². The van der Waals surface area contributed by atoms with Gasteiger partial charge in [0.2, 0.25) is 0 Å². The van der Waals surface area contributed by atoms with Crippen molar-refractivity contribution in [2.45, 2.75) is 48.6 Å². The highest BCUT2D eigenvalue weighted by molar-refractivity contribution is 7.99. The molecular weight excluding hydrogens is 280 g/mol. The molecule has 1 aliphatic carbocycles. The van der Waals surface area contributed by atoms with Crippen molar-refractivity contribution < 1.29 is 0 Å². The van der Waals surface area contributed by atoms with Crippen LogP contribution in [0.1, 0.15) is 36.6 Å². The summed E-state index contributed by atoms with van der Waals surface area (Å²) in [6, 6.07) is 11.0. The Labute approximate surface area is 130 Å². The Kier molecular flexibility index (Phi) is 4.31. The van der Waals surface area contributed by atoms with Crippen molar-refractivity contribution in [1.29, 1.82) is 0 Å². The number of aromatic nitrogens is 3. The molecule has 0 spiro atoms. The minimum atomic E-state index is 0.243. The Balaban J connectivity index is 1.73. The van der Waals surface area contributed by atoms with Gasteiger partial charge in [0.05, 0.1) is 0 Å². The standard InChI is InChI=1S/C16H22N4S/c1-11-18-19-16(20(11)2)21-15-10-13(8-9-14(15)17)12-6-4-3-5-7-12/h3-7,13-15H,8-10,17H2,1-2H3. The van der Waals surface area contributed by atoms with E-state index in [1.54, 1.807) is 11.8 Å². The van der Waals surface area contributed by atoms with E-state index in [1.807, 2.05) is 18.5 Å². The fraction of sp³-hybridized carbons (Fsp3) is 0.500. The molecule has 1 aliphatic rings. The Bertz CT molecular complexity index is 596. The molecule has 2 aromatic rings. The van der Waals surface area contributed by atoms with Crippen LogP contribution in [0.15, 0.2) is 35.5 Å². The van der Waals surface area contributed by atoms with Gasteiger partial charge in [-0.05, 0) is 37.7 Å². The van der Waals surface area contributed by atoms with E-state index in [0.29, 0.717) is 11.2 Å². The van der Waals surface area contributed by atoms with Crippen molar-refractivity contribution in [2.75, 3.05) is 0 Å². The molecule has 112 valence electrons. The van der Waals surface area contributed by atoms with Crippen molar-refractivity contribution in [3.05, 3.63) is 41.7 Å². The van der Waals surface area contributed by atoms with Crippen LogP contribution < -0.4 is 5.73 Å². The number of hydrogen-bond donors (Lipinski definition) is 1. The van der Waals surface area contributed by atoms with E-state index in [-0.39, 0.29) is 6.04 Å². The second kappa shape index (κ2) is 6.20. The number of nitrogens with two attached hydrogens (primary N) is 1. The summed E-state index contributed by atoms with van der Waals surface area (Å²) >= 11 is 1.78. The first-order valence-electron chi connectivity index (χ1n) is 7.48. The number of thioether (sulfide) groups is 1. The lowest BCUT2D eigenvalue weighted by molar-refractivity contribution is 0.405. The molecule has 0 amide bonds. The fourth-order valence-corrected chi connectivity index (χ4v) is 4.23. The van der Waals surface area contributed by atoms with Crippen molar-refractivity contribution in [2.24, 2.45) is 12.8 Å². The molecule has 3 atom stereocenters. The number of hydrogen-bond acceptors (Lipinski definition) is 4. The molecular formula is C16H22N4S. The van der Waals surface area contributed by atoms with Crippen LogP contribution in [0.3, 0.4) is 0 Å². The summed E-state index contributed by atoms with van der Waals surface area (Å²) < 4.78 is 2.05. The highest BCUT2D eigenvalue weighted by Gasteiger charge is 2.30. The average Bonchev–Trinajstić information content (AvgIpc) is 2.82. The highest BCUT2D eigenvalue weighted by atomic mass is 32.2. The van der Waals surface area contributed by atoms with Crippen molar-refractivity contribution in [3.8, 4) is 0 Å². The van der Waals surface area contributed by atoms with Crippen LogP contribution in [0.25, 0.3) is 0 Å². The third-order valence-corrected chi connectivity index (χ3v) is 5.83. The van der Waals surface area contributed by atoms with Gasteiger partial charge in [0, 0.05) is 18.3 Å². The molecule has 1 heterocycles. The minimum absolute atomic E-state index is 0.243. The van der Waals surface area contributed by atoms with Crippen LogP contribution >= 0.6 is 11.8 Å². The van der Waals surface area contributed by atoms with Gasteiger partial charge in [-0.25, -0.2) is 0 Å². The van der Waals surface area contributed by atoms with E-state index in [2.05, 4.69) is 40.5 Å². The van der Waals surface area contributed by atoms with Crippen LogP contribution in [0, 0.1) is 6.92 Å². The second-order valence-corrected chi connectivity index (χ2v) is 7.04. The summed E-state index contributed by atoms with van der Waals surface area (Å²) in [5, 5.41) is 9.78. The molecule has 1 aromatic carbocycles. The molecule has 3 rings (SSSR count). The summed E-state index contributed by atoms with van der Waals surface area (Å²) in [4.78, 5) is 0. The van der Waals surface area contributed by atoms with Gasteiger partial charge in [-0.15, -0.1) is 10.2 Å². The van der Waals surface area contributed by atoms with E-state index in [9.17, 15) is 0 Å². The summed E-state index contributed by atoms with van der Waals surface area (Å²) in [5.41, 5.74) is 7.78. The minimum Gasteiger partial charge on any atom is -0.327 e. The van der Waals surface area contributed by atoms with Crippen molar-refractivity contribution in [3.63, 3.8) is 0 Å². The molecule has 3 unspecified atom stereocenters. The zero-order chi connectivity index (χ0) is 14.8. The lowest BCUT2D eigenvalue weighted by atomic mass is 9.82. The average molecular weight is 302 g/mol. The molecule has 1 aromatic heterocycles. The van der Waals surface area contributed by atoms with Crippen LogP contribution in [0.5, 0.6) is 0 Å². The lowest BCUT2D eigenvalue weighted by Gasteiger charge is -2.33. The molecule has 21 heavy (non-hydrogen) atoms. The topological polar surface area (TPSA) is 56.7 Å². The summed E-state index contributed by atoms with van der Waals surface area (Å²) in [6.07, 6.45) is 3.37. The first-order chi connectivity index (χ1) is 10.1. The zero-order valence-corrected chi connectivity index (χ0v) is 13.4. The van der Waals surface area contributed by atoms with Crippen molar-refractivity contribution in [1.82, 2.24) is 14.8 Å². The largest absolute Gasteiger partial charge is 0.327 e. The Hall–Kier alpha value is -1.33. The van der Waals surface area contributed by atoms with E-state index in [1.165, 1.54) is 12.0 Å². The SMILES string of the molecule is Cc1nnc(SC2CC(c3ccccc3)CCC2N)n1C. The first kappa shape index (κ1) is 14.6. The quantitative estimate of drug-likeness (QED) is 0.947. The van der Waals surface area contributed by atoms with Gasteiger partial charge in [0.1, 0.15) is 5.82 Å². The zero-order valence-electron chi connectivity index (χ0n) is 12.6. The molecule has 5 heteroatoms. The van der Waals surface area contributed by atoms with Crippen LogP contribution in [-0.2, 0) is 7.05 Å². The Morgan fingerprint density at radius 2 is 1.95 bits per heavy atom. The van der Waals surface area contributed by atoms with Gasteiger partial charge in [0.15, 0.2) is 5.16 Å². The Morgan fingerprint density at radius 1 is 1.19 bits per heavy atom. The predicted molar refractivity (Wildman–Crippen MR) is 86.4 cm³/mol. The third-order valence-electron chi connectivity index (χ3n) is 4.42. The number of aryl methyl sites for hydroxylation is 1. The highest BCUT2D eigenvalue weighted by Crippen LogP contribution is 2.39.